The van der Waals surface area contributed by atoms with E-state index in [1.165, 1.54) is 6.04 Å². The van der Waals surface area contributed by atoms with Gasteiger partial charge in [-0.05, 0) is 0 Å². The molecule has 0 fully saturated rings. The van der Waals surface area contributed by atoms with Crippen molar-refractivity contribution in [3.05, 3.63) is 0 Å². The Labute approximate surface area is 69.9 Å². The summed E-state index contributed by atoms with van der Waals surface area (Å²) in [6.45, 7) is 6.89. The molecule has 0 bridgehead atoms. The van der Waals surface area contributed by atoms with Gasteiger partial charge in [-0.2, -0.15) is 0 Å². The van der Waals surface area contributed by atoms with Crippen molar-refractivity contribution in [3.8, 4) is 0 Å². The fourth-order valence-electron chi connectivity index (χ4n) is 0. The molecule has 34 valence electrons. The maximum Gasteiger partial charge on any atom is 0.0410 e. The zero-order valence-electron chi connectivity index (χ0n) is 4.78. The molecule has 2 radical (unpaired) electrons. The van der Waals surface area contributed by atoms with Gasteiger partial charge in [-0.1, -0.05) is 26.1 Å². The molecule has 0 heterocycles. The minimum absolute atomic E-state index is 0. The van der Waals surface area contributed by atoms with Crippen LogP contribution in [0.4, 0.5) is 0 Å². The number of rotatable bonds is 1. The first-order valence-corrected chi connectivity index (χ1v) is 4.77. The van der Waals surface area contributed by atoms with Crippen LogP contribution in [0.3, 0.4) is 0 Å². The number of hydrogen-bond donors (Lipinski definition) is 0. The Balaban J connectivity index is 0. The van der Waals surface area contributed by atoms with E-state index in [9.17, 15) is 0 Å². The summed E-state index contributed by atoms with van der Waals surface area (Å²) in [5, 5.41) is 0. The maximum absolute atomic E-state index is 2.32. The Kier molecular flexibility index (Phi) is 11.1. The smallest absolute Gasteiger partial charge is 0.0410 e. The van der Waals surface area contributed by atoms with Crippen molar-refractivity contribution in [2.75, 3.05) is 0 Å². The molecule has 0 aliphatic heterocycles. The molecule has 0 amide bonds. The maximum atomic E-state index is 2.32. The fraction of sp³-hybridized carbons (Fsp3) is 1.00. The van der Waals surface area contributed by atoms with Crippen LogP contribution in [0.2, 0.25) is 19.1 Å². The normalized spacial score (nSPS) is 8.00. The van der Waals surface area contributed by atoms with Gasteiger partial charge in [-0.3, -0.25) is 0 Å². The minimum atomic E-state index is 0. The monoisotopic (exact) mass is 226 g/mol. The molecular weight excluding hydrogens is 215 g/mol. The van der Waals surface area contributed by atoms with Gasteiger partial charge < -0.3 is 0 Å². The summed E-state index contributed by atoms with van der Waals surface area (Å²) in [6.07, 6.45) is 0. The van der Waals surface area contributed by atoms with Gasteiger partial charge in [0, 0.05) is 44.4 Å². The van der Waals surface area contributed by atoms with E-state index in [4.69, 9.17) is 0 Å². The second kappa shape index (κ2) is 6.41. The fourth-order valence-corrected chi connectivity index (χ4v) is 0. The van der Waals surface area contributed by atoms with Crippen LogP contribution in [-0.4, -0.2) is 8.80 Å². The zero-order chi connectivity index (χ0) is 4.28. The molecule has 0 rings (SSSR count). The van der Waals surface area contributed by atoms with Gasteiger partial charge >= 0.3 is 0 Å². The predicted octanol–water partition coefficient (Wildman–Crippen LogP) is 1.76. The van der Waals surface area contributed by atoms with Gasteiger partial charge in [-0.25, -0.2) is 0 Å². The largest absolute Gasteiger partial charge is 0.0713 e. The Bertz CT molecular complexity index is 21.5. The van der Waals surface area contributed by atoms with Crippen molar-refractivity contribution < 1.29 is 35.6 Å². The van der Waals surface area contributed by atoms with Gasteiger partial charge in [0.25, 0.3) is 0 Å². The first-order valence-electron chi connectivity index (χ1n) is 2.06. The average molecular weight is 226 g/mol. The molecular formula is C4H11LaSi. The van der Waals surface area contributed by atoms with Crippen LogP contribution in [0.15, 0.2) is 0 Å². The second-order valence-electron chi connectivity index (χ2n) is 1.56. The van der Waals surface area contributed by atoms with Gasteiger partial charge in [0.2, 0.25) is 0 Å². The third-order valence-corrected chi connectivity index (χ3v) is 2.12. The quantitative estimate of drug-likeness (QED) is 0.597. The summed E-state index contributed by atoms with van der Waals surface area (Å²) in [6, 6.07) is 1.41. The van der Waals surface area contributed by atoms with Crippen molar-refractivity contribution in [1.29, 1.82) is 0 Å². The summed E-state index contributed by atoms with van der Waals surface area (Å²) in [4.78, 5) is 0. The molecule has 0 unspecified atom stereocenters. The molecule has 0 aromatic heterocycles. The van der Waals surface area contributed by atoms with Crippen LogP contribution in [-0.2, 0) is 0 Å². The van der Waals surface area contributed by atoms with Gasteiger partial charge in [0.15, 0.2) is 0 Å². The Hall–Kier alpha value is 1.41. The van der Waals surface area contributed by atoms with Gasteiger partial charge in [0.05, 0.1) is 0 Å². The summed E-state index contributed by atoms with van der Waals surface area (Å²) in [5.41, 5.74) is 0. The van der Waals surface area contributed by atoms with Crippen LogP contribution in [0, 0.1) is 35.6 Å². The van der Waals surface area contributed by atoms with Crippen LogP contribution < -0.4 is 0 Å². The van der Waals surface area contributed by atoms with Crippen LogP contribution in [0.25, 0.3) is 0 Å². The van der Waals surface area contributed by atoms with E-state index in [0.717, 1.165) is 0 Å². The number of hydrogen-bond acceptors (Lipinski definition) is 0. The predicted molar refractivity (Wildman–Crippen MR) is 28.0 cm³/mol. The first kappa shape index (κ1) is 10.4. The van der Waals surface area contributed by atoms with Gasteiger partial charge in [0.1, 0.15) is 0 Å². The Morgan fingerprint density at radius 2 is 1.50 bits per heavy atom. The third-order valence-electron chi connectivity index (χ3n) is 0.707. The van der Waals surface area contributed by atoms with Crippen LogP contribution in [0.1, 0.15) is 6.92 Å². The standard InChI is InChI=1S/C4H11Si.La/c1-4-5(2)3;/h4H2,1-3H3;. The molecule has 0 aliphatic rings. The molecule has 0 aliphatic carbocycles. The molecule has 2 heteroatoms. The van der Waals surface area contributed by atoms with Crippen molar-refractivity contribution in [2.45, 2.75) is 26.1 Å². The molecule has 0 saturated carbocycles. The average Bonchev–Trinajstić information content (AvgIpc) is 1.38. The van der Waals surface area contributed by atoms with Crippen LogP contribution in [0.5, 0.6) is 0 Å². The van der Waals surface area contributed by atoms with E-state index in [1.54, 1.807) is 0 Å². The van der Waals surface area contributed by atoms with E-state index in [2.05, 4.69) is 20.0 Å². The van der Waals surface area contributed by atoms with E-state index < -0.39 is 0 Å². The summed E-state index contributed by atoms with van der Waals surface area (Å²) in [5.74, 6) is 0. The van der Waals surface area contributed by atoms with Crippen molar-refractivity contribution in [1.82, 2.24) is 0 Å². The molecule has 0 N–H and O–H groups in total. The molecule has 0 nitrogen and oxygen atoms in total. The third kappa shape index (κ3) is 9.05. The summed E-state index contributed by atoms with van der Waals surface area (Å²) < 4.78 is 0. The van der Waals surface area contributed by atoms with E-state index in [0.29, 0.717) is 0 Å². The molecule has 0 atom stereocenters. The van der Waals surface area contributed by atoms with E-state index in [1.807, 2.05) is 0 Å². The SMILES string of the molecule is CC[Si](C)C.[La]. The van der Waals surface area contributed by atoms with Crippen molar-refractivity contribution >= 4 is 8.80 Å². The zero-order valence-corrected chi connectivity index (χ0v) is 9.41. The van der Waals surface area contributed by atoms with Crippen molar-refractivity contribution in [3.63, 3.8) is 0 Å². The van der Waals surface area contributed by atoms with E-state index in [-0.39, 0.29) is 44.4 Å². The van der Waals surface area contributed by atoms with Gasteiger partial charge in [-0.15, -0.1) is 0 Å². The molecule has 0 aromatic carbocycles. The summed E-state index contributed by atoms with van der Waals surface area (Å²) >= 11 is 0. The first-order chi connectivity index (χ1) is 2.27. The van der Waals surface area contributed by atoms with Crippen molar-refractivity contribution in [2.24, 2.45) is 0 Å². The molecule has 6 heavy (non-hydrogen) atoms. The Morgan fingerprint density at radius 1 is 1.33 bits per heavy atom. The summed E-state index contributed by atoms with van der Waals surface area (Å²) in [7, 11) is 0.126. The Morgan fingerprint density at radius 3 is 1.50 bits per heavy atom. The topological polar surface area (TPSA) is 0 Å². The molecule has 0 spiro atoms. The molecule has 0 saturated heterocycles. The minimum Gasteiger partial charge on any atom is -0.0713 e. The van der Waals surface area contributed by atoms with Crippen LogP contribution >= 0.6 is 0 Å². The molecule has 0 aromatic rings. The van der Waals surface area contributed by atoms with E-state index >= 15 is 0 Å². The second-order valence-corrected chi connectivity index (χ2v) is 4.68.